The fraction of sp³-hybridized carbons (Fsp3) is 0.158. The Kier molecular flexibility index (Phi) is 4.08. The van der Waals surface area contributed by atoms with E-state index in [0.717, 1.165) is 16.5 Å². The van der Waals surface area contributed by atoms with Gasteiger partial charge < -0.3 is 14.0 Å². The number of aromatic nitrogens is 1. The molecule has 2 aromatic carbocycles. The van der Waals surface area contributed by atoms with E-state index in [4.69, 9.17) is 9.47 Å². The molecule has 5 heteroatoms. The summed E-state index contributed by atoms with van der Waals surface area (Å²) in [6.07, 6.45) is 1.85. The number of nitrogens with zero attached hydrogens (tertiary/aromatic N) is 1. The maximum Gasteiger partial charge on any atom is 0.340 e. The minimum Gasteiger partial charge on any atom is -0.465 e. The van der Waals surface area contributed by atoms with E-state index in [2.05, 4.69) is 0 Å². The first-order valence-corrected chi connectivity index (χ1v) is 7.42. The summed E-state index contributed by atoms with van der Waals surface area (Å²) < 4.78 is 11.6. The number of aryl methyl sites for hydroxylation is 1. The monoisotopic (exact) mass is 323 g/mol. The number of benzene rings is 2. The van der Waals surface area contributed by atoms with E-state index in [1.54, 1.807) is 10.6 Å². The number of carbonyl (C=O) groups excluding carboxylic acids is 2. The van der Waals surface area contributed by atoms with Crippen LogP contribution in [0.15, 0.2) is 48.7 Å². The highest BCUT2D eigenvalue weighted by Gasteiger charge is 2.25. The van der Waals surface area contributed by atoms with Gasteiger partial charge in [0.05, 0.1) is 30.9 Å². The number of esters is 2. The lowest BCUT2D eigenvalue weighted by molar-refractivity contribution is 0.0557. The second-order valence-electron chi connectivity index (χ2n) is 5.38. The molecule has 122 valence electrons. The zero-order chi connectivity index (χ0) is 17.3. The topological polar surface area (TPSA) is 57.5 Å². The standard InChI is InChI=1S/C19H17NO4/c1-20-10-9-13-14(12-7-5-4-6-8-12)11-15(18(21)23-2)16(17(13)20)19(22)24-3/h4-11H,1-3H3. The van der Waals surface area contributed by atoms with Crippen LogP contribution in [0.2, 0.25) is 0 Å². The molecule has 1 heterocycles. The molecule has 0 amide bonds. The number of ether oxygens (including phenoxy) is 2. The summed E-state index contributed by atoms with van der Waals surface area (Å²) in [5.74, 6) is -1.14. The predicted octanol–water partition coefficient (Wildman–Crippen LogP) is 3.42. The number of hydrogen-bond acceptors (Lipinski definition) is 4. The van der Waals surface area contributed by atoms with Gasteiger partial charge in [0.1, 0.15) is 0 Å². The number of hydrogen-bond donors (Lipinski definition) is 0. The second kappa shape index (κ2) is 6.20. The molecular weight excluding hydrogens is 306 g/mol. The Labute approximate surface area is 139 Å². The van der Waals surface area contributed by atoms with E-state index in [-0.39, 0.29) is 11.1 Å². The van der Waals surface area contributed by atoms with E-state index in [1.165, 1.54) is 14.2 Å². The van der Waals surface area contributed by atoms with Crippen LogP contribution in [0.1, 0.15) is 20.7 Å². The normalized spacial score (nSPS) is 10.6. The van der Waals surface area contributed by atoms with Crippen molar-refractivity contribution in [2.45, 2.75) is 0 Å². The van der Waals surface area contributed by atoms with Gasteiger partial charge in [0.15, 0.2) is 0 Å². The van der Waals surface area contributed by atoms with Crippen LogP contribution in [-0.4, -0.2) is 30.7 Å². The van der Waals surface area contributed by atoms with Gasteiger partial charge in [-0.3, -0.25) is 0 Å². The minimum atomic E-state index is -0.573. The fourth-order valence-corrected chi connectivity index (χ4v) is 2.92. The van der Waals surface area contributed by atoms with Crippen LogP contribution in [-0.2, 0) is 16.5 Å². The summed E-state index contributed by atoms with van der Waals surface area (Å²) in [5, 5.41) is 0.872. The molecule has 0 unspecified atom stereocenters. The lowest BCUT2D eigenvalue weighted by Crippen LogP contribution is -2.14. The lowest BCUT2D eigenvalue weighted by Gasteiger charge is -2.13. The Morgan fingerprint density at radius 2 is 1.62 bits per heavy atom. The van der Waals surface area contributed by atoms with Crippen molar-refractivity contribution in [3.8, 4) is 11.1 Å². The summed E-state index contributed by atoms with van der Waals surface area (Å²) in [6.45, 7) is 0. The average molecular weight is 323 g/mol. The average Bonchev–Trinajstić information content (AvgIpc) is 3.01. The minimum absolute atomic E-state index is 0.192. The quantitative estimate of drug-likeness (QED) is 0.693. The van der Waals surface area contributed by atoms with Gasteiger partial charge in [-0.1, -0.05) is 30.3 Å². The maximum absolute atomic E-state index is 12.3. The highest BCUT2D eigenvalue weighted by atomic mass is 16.5. The van der Waals surface area contributed by atoms with Crippen molar-refractivity contribution in [3.05, 3.63) is 59.8 Å². The third-order valence-electron chi connectivity index (χ3n) is 4.04. The molecule has 0 radical (unpaired) electrons. The van der Waals surface area contributed by atoms with Crippen molar-refractivity contribution in [3.63, 3.8) is 0 Å². The van der Waals surface area contributed by atoms with Gasteiger partial charge in [-0.15, -0.1) is 0 Å². The fourth-order valence-electron chi connectivity index (χ4n) is 2.92. The molecule has 1 aromatic heterocycles. The van der Waals surface area contributed by atoms with Gasteiger partial charge in [0.25, 0.3) is 0 Å². The predicted molar refractivity (Wildman–Crippen MR) is 91.0 cm³/mol. The van der Waals surface area contributed by atoms with E-state index >= 15 is 0 Å². The highest BCUT2D eigenvalue weighted by molar-refractivity contribution is 6.15. The summed E-state index contributed by atoms with van der Waals surface area (Å²) >= 11 is 0. The summed E-state index contributed by atoms with van der Waals surface area (Å²) in [7, 11) is 4.41. The molecule has 0 saturated carbocycles. The van der Waals surface area contributed by atoms with E-state index < -0.39 is 11.9 Å². The SMILES string of the molecule is COC(=O)c1cc(-c2ccccc2)c2ccn(C)c2c1C(=O)OC. The zero-order valence-corrected chi connectivity index (χ0v) is 13.7. The maximum atomic E-state index is 12.3. The van der Waals surface area contributed by atoms with Gasteiger partial charge in [-0.05, 0) is 23.3 Å². The number of methoxy groups -OCH3 is 2. The van der Waals surface area contributed by atoms with Crippen LogP contribution in [0.5, 0.6) is 0 Å². The number of rotatable bonds is 3. The Morgan fingerprint density at radius 1 is 0.958 bits per heavy atom. The van der Waals surface area contributed by atoms with Crippen molar-refractivity contribution in [1.82, 2.24) is 4.57 Å². The molecule has 24 heavy (non-hydrogen) atoms. The van der Waals surface area contributed by atoms with E-state index in [0.29, 0.717) is 5.52 Å². The lowest BCUT2D eigenvalue weighted by atomic mass is 9.94. The molecule has 0 fully saturated rings. The van der Waals surface area contributed by atoms with Crippen LogP contribution < -0.4 is 0 Å². The molecule has 0 aliphatic carbocycles. The summed E-state index contributed by atoms with van der Waals surface area (Å²) in [6, 6.07) is 13.3. The van der Waals surface area contributed by atoms with Crippen LogP contribution in [0, 0.1) is 0 Å². The Bertz CT molecular complexity index is 925. The third-order valence-corrected chi connectivity index (χ3v) is 4.04. The van der Waals surface area contributed by atoms with Crippen molar-refractivity contribution in [1.29, 1.82) is 0 Å². The van der Waals surface area contributed by atoms with Crippen LogP contribution >= 0.6 is 0 Å². The smallest absolute Gasteiger partial charge is 0.340 e. The Hall–Kier alpha value is -3.08. The molecule has 0 atom stereocenters. The summed E-state index contributed by atoms with van der Waals surface area (Å²) in [5.41, 5.74) is 2.86. The Morgan fingerprint density at radius 3 is 2.25 bits per heavy atom. The molecule has 0 bridgehead atoms. The zero-order valence-electron chi connectivity index (χ0n) is 13.7. The van der Waals surface area contributed by atoms with Crippen LogP contribution in [0.4, 0.5) is 0 Å². The van der Waals surface area contributed by atoms with Crippen molar-refractivity contribution in [2.24, 2.45) is 7.05 Å². The molecule has 0 aliphatic heterocycles. The largest absolute Gasteiger partial charge is 0.465 e. The van der Waals surface area contributed by atoms with Gasteiger partial charge in [-0.2, -0.15) is 0 Å². The molecular formula is C19H17NO4. The van der Waals surface area contributed by atoms with Gasteiger partial charge >= 0.3 is 11.9 Å². The molecule has 0 N–H and O–H groups in total. The Balaban J connectivity index is 2.44. The number of carbonyl (C=O) groups is 2. The van der Waals surface area contributed by atoms with Crippen molar-refractivity contribution >= 4 is 22.8 Å². The summed E-state index contributed by atoms with van der Waals surface area (Å²) in [4.78, 5) is 24.6. The van der Waals surface area contributed by atoms with Gasteiger partial charge in [0.2, 0.25) is 0 Å². The van der Waals surface area contributed by atoms with E-state index in [9.17, 15) is 9.59 Å². The first-order chi connectivity index (χ1) is 11.6. The van der Waals surface area contributed by atoms with Gasteiger partial charge in [-0.25, -0.2) is 9.59 Å². The molecule has 0 aliphatic rings. The first kappa shape index (κ1) is 15.8. The van der Waals surface area contributed by atoms with Gasteiger partial charge in [0, 0.05) is 18.6 Å². The molecule has 3 rings (SSSR count). The molecule has 3 aromatic rings. The van der Waals surface area contributed by atoms with E-state index in [1.807, 2.05) is 49.6 Å². The number of fused-ring (bicyclic) bond motifs is 1. The van der Waals surface area contributed by atoms with Crippen molar-refractivity contribution < 1.29 is 19.1 Å². The van der Waals surface area contributed by atoms with Crippen molar-refractivity contribution in [2.75, 3.05) is 14.2 Å². The highest BCUT2D eigenvalue weighted by Crippen LogP contribution is 2.34. The molecule has 0 saturated heterocycles. The molecule has 5 nitrogen and oxygen atoms in total. The van der Waals surface area contributed by atoms with Crippen LogP contribution in [0.25, 0.3) is 22.0 Å². The first-order valence-electron chi connectivity index (χ1n) is 7.42. The third kappa shape index (κ3) is 2.44. The second-order valence-corrected chi connectivity index (χ2v) is 5.38. The van der Waals surface area contributed by atoms with Crippen LogP contribution in [0.3, 0.4) is 0 Å². The molecule has 0 spiro atoms.